The monoisotopic (exact) mass is 373 g/mol. The number of alkyl carbamates (subject to hydrolysis) is 1. The number of nitrogens with one attached hydrogen (secondary N) is 1. The molecule has 8 heteroatoms. The number of unbranched alkanes of at least 4 members (excludes halogenated alkanes) is 1. The number of hydrogen-bond donors (Lipinski definition) is 1. The highest BCUT2D eigenvalue weighted by Gasteiger charge is 2.32. The molecule has 0 rings (SSSR count). The van der Waals surface area contributed by atoms with Crippen LogP contribution in [0.5, 0.6) is 0 Å². The van der Waals surface area contributed by atoms with E-state index in [9.17, 15) is 19.2 Å². The Bertz CT molecular complexity index is 496. The summed E-state index contributed by atoms with van der Waals surface area (Å²) in [6.07, 6.45) is 0.688. The zero-order valence-electron chi connectivity index (χ0n) is 16.5. The van der Waals surface area contributed by atoms with Crippen molar-refractivity contribution >= 4 is 23.8 Å². The van der Waals surface area contributed by atoms with Crippen LogP contribution in [0.25, 0.3) is 0 Å². The first-order valence-electron chi connectivity index (χ1n) is 8.78. The summed E-state index contributed by atoms with van der Waals surface area (Å²) >= 11 is 0. The maximum Gasteiger partial charge on any atom is 0.408 e. The molecule has 1 unspecified atom stereocenters. The van der Waals surface area contributed by atoms with Crippen LogP contribution >= 0.6 is 0 Å². The molecule has 1 N–H and O–H groups in total. The van der Waals surface area contributed by atoms with Crippen LogP contribution in [0.1, 0.15) is 60.3 Å². The zero-order valence-corrected chi connectivity index (χ0v) is 16.5. The lowest BCUT2D eigenvalue weighted by Gasteiger charge is -2.23. The molecule has 0 spiro atoms. The molecule has 0 aromatic rings. The number of esters is 2. The Hall–Kier alpha value is -2.12. The molecule has 0 saturated heterocycles. The highest BCUT2D eigenvalue weighted by molar-refractivity contribution is 6.02. The summed E-state index contributed by atoms with van der Waals surface area (Å²) in [7, 11) is 1.20. The van der Waals surface area contributed by atoms with Crippen LogP contribution in [0.3, 0.4) is 0 Å². The molecule has 0 aromatic heterocycles. The van der Waals surface area contributed by atoms with Gasteiger partial charge in [0.05, 0.1) is 19.8 Å². The number of carbonyl (C=O) groups excluding carboxylic acids is 4. The quantitative estimate of drug-likeness (QED) is 0.271. The van der Waals surface area contributed by atoms with Gasteiger partial charge in [0.15, 0.2) is 5.78 Å². The van der Waals surface area contributed by atoms with E-state index >= 15 is 0 Å². The molecular formula is C18H31NO7. The van der Waals surface area contributed by atoms with Crippen molar-refractivity contribution in [2.45, 2.75) is 71.9 Å². The van der Waals surface area contributed by atoms with Gasteiger partial charge in [0.25, 0.3) is 0 Å². The number of ether oxygens (including phenoxy) is 3. The van der Waals surface area contributed by atoms with Crippen LogP contribution in [-0.4, -0.2) is 49.2 Å². The van der Waals surface area contributed by atoms with E-state index in [0.717, 1.165) is 0 Å². The predicted molar refractivity (Wildman–Crippen MR) is 94.4 cm³/mol. The summed E-state index contributed by atoms with van der Waals surface area (Å²) < 4.78 is 14.6. The highest BCUT2D eigenvalue weighted by Crippen LogP contribution is 2.16. The molecule has 0 aliphatic rings. The van der Waals surface area contributed by atoms with Gasteiger partial charge in [-0.15, -0.1) is 0 Å². The summed E-state index contributed by atoms with van der Waals surface area (Å²) in [6, 6.07) is -0.904. The van der Waals surface area contributed by atoms with Crippen molar-refractivity contribution in [2.75, 3.05) is 13.7 Å². The van der Waals surface area contributed by atoms with Crippen LogP contribution in [0.4, 0.5) is 4.79 Å². The van der Waals surface area contributed by atoms with Gasteiger partial charge in [0.2, 0.25) is 0 Å². The SMILES string of the molecule is CCOC(=O)CCCCC(C(=O)OC)C(=O)[C@H](C)NC(=O)OC(C)(C)C. The molecule has 0 aliphatic heterocycles. The Morgan fingerprint density at radius 2 is 1.69 bits per heavy atom. The van der Waals surface area contributed by atoms with E-state index in [2.05, 4.69) is 5.32 Å². The average Bonchev–Trinajstić information content (AvgIpc) is 2.52. The molecule has 0 fully saturated rings. The van der Waals surface area contributed by atoms with Gasteiger partial charge < -0.3 is 19.5 Å². The minimum absolute atomic E-state index is 0.224. The molecule has 0 heterocycles. The Balaban J connectivity index is 4.65. The minimum atomic E-state index is -1.01. The maximum atomic E-state index is 12.5. The Morgan fingerprint density at radius 3 is 2.19 bits per heavy atom. The smallest absolute Gasteiger partial charge is 0.408 e. The minimum Gasteiger partial charge on any atom is -0.468 e. The van der Waals surface area contributed by atoms with Crippen LogP contribution in [0, 0.1) is 5.92 Å². The Kier molecular flexibility index (Phi) is 10.6. The lowest BCUT2D eigenvalue weighted by molar-refractivity contribution is -0.150. The van der Waals surface area contributed by atoms with Crippen molar-refractivity contribution in [2.24, 2.45) is 5.92 Å². The summed E-state index contributed by atoms with van der Waals surface area (Å²) in [5.41, 5.74) is -0.693. The second-order valence-electron chi connectivity index (χ2n) is 6.90. The highest BCUT2D eigenvalue weighted by atomic mass is 16.6. The van der Waals surface area contributed by atoms with Crippen LogP contribution in [0.2, 0.25) is 0 Å². The molecule has 0 aliphatic carbocycles. The standard InChI is InChI=1S/C18H31NO7/c1-7-25-14(20)11-9-8-10-13(16(22)24-6)15(21)12(2)19-17(23)26-18(3,4)5/h12-13H,7-11H2,1-6H3,(H,19,23)/t12-,13?/m0/s1. The molecule has 150 valence electrons. The third-order valence-corrected chi connectivity index (χ3v) is 3.42. The largest absolute Gasteiger partial charge is 0.468 e. The van der Waals surface area contributed by atoms with Crippen molar-refractivity contribution in [3.8, 4) is 0 Å². The topological polar surface area (TPSA) is 108 Å². The predicted octanol–water partition coefficient (Wildman–Crippen LogP) is 2.38. The molecule has 26 heavy (non-hydrogen) atoms. The normalized spacial score (nSPS) is 13.3. The van der Waals surface area contributed by atoms with Crippen molar-refractivity contribution in [3.63, 3.8) is 0 Å². The summed E-state index contributed by atoms with van der Waals surface area (Å²) in [6.45, 7) is 8.65. The lowest BCUT2D eigenvalue weighted by atomic mass is 9.93. The van der Waals surface area contributed by atoms with Gasteiger partial charge in [-0.05, 0) is 47.5 Å². The number of Topliss-reactive ketones (excluding diaryl/α,β-unsaturated/α-hetero) is 1. The van der Waals surface area contributed by atoms with Crippen LogP contribution < -0.4 is 5.32 Å². The third kappa shape index (κ3) is 10.0. The second kappa shape index (κ2) is 11.5. The van der Waals surface area contributed by atoms with Gasteiger partial charge in [-0.1, -0.05) is 6.42 Å². The summed E-state index contributed by atoms with van der Waals surface area (Å²) in [5, 5.41) is 2.43. The first kappa shape index (κ1) is 23.9. The van der Waals surface area contributed by atoms with Crippen molar-refractivity contribution in [1.29, 1.82) is 0 Å². The van der Waals surface area contributed by atoms with Crippen molar-refractivity contribution in [3.05, 3.63) is 0 Å². The van der Waals surface area contributed by atoms with Gasteiger partial charge in [-0.3, -0.25) is 14.4 Å². The third-order valence-electron chi connectivity index (χ3n) is 3.42. The molecule has 8 nitrogen and oxygen atoms in total. The lowest BCUT2D eigenvalue weighted by Crippen LogP contribution is -2.45. The van der Waals surface area contributed by atoms with E-state index in [-0.39, 0.29) is 18.8 Å². The van der Waals surface area contributed by atoms with E-state index in [1.54, 1.807) is 27.7 Å². The number of ketones is 1. The number of methoxy groups -OCH3 is 1. The van der Waals surface area contributed by atoms with Gasteiger partial charge in [0.1, 0.15) is 11.5 Å². The number of hydrogen-bond acceptors (Lipinski definition) is 7. The van der Waals surface area contributed by atoms with Crippen molar-refractivity contribution in [1.82, 2.24) is 5.32 Å². The van der Waals surface area contributed by atoms with E-state index in [1.165, 1.54) is 14.0 Å². The number of amides is 1. The molecular weight excluding hydrogens is 342 g/mol. The fraction of sp³-hybridized carbons (Fsp3) is 0.778. The van der Waals surface area contributed by atoms with E-state index in [0.29, 0.717) is 19.4 Å². The second-order valence-corrected chi connectivity index (χ2v) is 6.90. The first-order chi connectivity index (χ1) is 12.0. The van der Waals surface area contributed by atoms with Crippen LogP contribution in [-0.2, 0) is 28.6 Å². The Labute approximate surface area is 154 Å². The molecule has 0 aromatic carbocycles. The number of carbonyl (C=O) groups is 4. The van der Waals surface area contributed by atoms with Gasteiger partial charge in [-0.25, -0.2) is 4.79 Å². The maximum absolute atomic E-state index is 12.5. The summed E-state index contributed by atoms with van der Waals surface area (Å²) in [4.78, 5) is 47.5. The zero-order chi connectivity index (χ0) is 20.3. The average molecular weight is 373 g/mol. The van der Waals surface area contributed by atoms with Crippen LogP contribution in [0.15, 0.2) is 0 Å². The van der Waals surface area contributed by atoms with E-state index in [4.69, 9.17) is 14.2 Å². The van der Waals surface area contributed by atoms with E-state index in [1.807, 2.05) is 0 Å². The summed E-state index contributed by atoms with van der Waals surface area (Å²) in [5.74, 6) is -2.44. The fourth-order valence-corrected chi connectivity index (χ4v) is 2.23. The molecule has 1 amide bonds. The van der Waals surface area contributed by atoms with Gasteiger partial charge >= 0.3 is 18.0 Å². The molecule has 0 radical (unpaired) electrons. The molecule has 0 saturated carbocycles. The van der Waals surface area contributed by atoms with Gasteiger partial charge in [-0.2, -0.15) is 0 Å². The molecule has 0 bridgehead atoms. The first-order valence-corrected chi connectivity index (χ1v) is 8.78. The Morgan fingerprint density at radius 1 is 1.08 bits per heavy atom. The van der Waals surface area contributed by atoms with E-state index < -0.39 is 35.4 Å². The number of rotatable bonds is 10. The van der Waals surface area contributed by atoms with Crippen molar-refractivity contribution < 1.29 is 33.4 Å². The van der Waals surface area contributed by atoms with Gasteiger partial charge in [0, 0.05) is 6.42 Å². The fourth-order valence-electron chi connectivity index (χ4n) is 2.23. The molecule has 2 atom stereocenters.